The Hall–Kier alpha value is -1.14. The molecule has 19 heavy (non-hydrogen) atoms. The van der Waals surface area contributed by atoms with Crippen molar-refractivity contribution < 1.29 is 4.52 Å². The maximum atomic E-state index is 6.10. The van der Waals surface area contributed by atoms with Gasteiger partial charge in [0.25, 0.3) is 5.89 Å². The van der Waals surface area contributed by atoms with Gasteiger partial charge in [0.1, 0.15) is 0 Å². The first-order valence-electron chi connectivity index (χ1n) is 5.67. The number of benzene rings is 1. The molecule has 0 saturated heterocycles. The molecule has 0 aliphatic heterocycles. The minimum absolute atomic E-state index is 0.314. The minimum atomic E-state index is -0.314. The molecular weight excluding hydrogens is 287 g/mol. The highest BCUT2D eigenvalue weighted by atomic mass is 35.5. The van der Waals surface area contributed by atoms with Gasteiger partial charge < -0.3 is 15.2 Å². The van der Waals surface area contributed by atoms with Gasteiger partial charge in [-0.05, 0) is 26.2 Å². The second-order valence-electron chi connectivity index (χ2n) is 4.43. The molecule has 0 radical (unpaired) electrons. The van der Waals surface area contributed by atoms with E-state index in [1.165, 1.54) is 0 Å². The maximum absolute atomic E-state index is 6.10. The van der Waals surface area contributed by atoms with Gasteiger partial charge in [0, 0.05) is 6.54 Å². The first-order chi connectivity index (χ1) is 8.99. The average molecular weight is 301 g/mol. The third kappa shape index (κ3) is 3.25. The number of hydrogen-bond donors (Lipinski definition) is 1. The van der Waals surface area contributed by atoms with E-state index in [9.17, 15) is 0 Å². The number of halogens is 2. The molecule has 0 saturated carbocycles. The van der Waals surface area contributed by atoms with Gasteiger partial charge in [-0.15, -0.1) is 0 Å². The second-order valence-corrected chi connectivity index (χ2v) is 5.21. The fourth-order valence-electron chi connectivity index (χ4n) is 1.64. The number of aromatic nitrogens is 2. The second kappa shape index (κ2) is 5.88. The molecule has 7 heteroatoms. The highest BCUT2D eigenvalue weighted by Gasteiger charge is 2.18. The largest absolute Gasteiger partial charge is 0.334 e. The van der Waals surface area contributed by atoms with Crippen molar-refractivity contribution in [2.24, 2.45) is 5.73 Å². The van der Waals surface area contributed by atoms with Gasteiger partial charge in [-0.3, -0.25) is 0 Å². The van der Waals surface area contributed by atoms with Crippen LogP contribution in [0.1, 0.15) is 11.9 Å². The quantitative estimate of drug-likeness (QED) is 0.940. The first kappa shape index (κ1) is 14.3. The molecule has 1 atom stereocenters. The lowest BCUT2D eigenvalue weighted by Gasteiger charge is -2.12. The van der Waals surface area contributed by atoms with E-state index in [-0.39, 0.29) is 6.04 Å². The number of hydrogen-bond acceptors (Lipinski definition) is 5. The molecule has 1 unspecified atom stereocenters. The van der Waals surface area contributed by atoms with Crippen LogP contribution in [0.4, 0.5) is 0 Å². The van der Waals surface area contributed by atoms with E-state index < -0.39 is 0 Å². The Kier molecular flexibility index (Phi) is 4.42. The summed E-state index contributed by atoms with van der Waals surface area (Å²) < 4.78 is 5.19. The normalized spacial score (nSPS) is 12.9. The van der Waals surface area contributed by atoms with Crippen molar-refractivity contribution in [2.45, 2.75) is 6.04 Å². The predicted octanol–water partition coefficient (Wildman–Crippen LogP) is 2.60. The molecule has 0 aliphatic rings. The van der Waals surface area contributed by atoms with Gasteiger partial charge in [0.05, 0.1) is 21.7 Å². The van der Waals surface area contributed by atoms with E-state index in [4.69, 9.17) is 33.5 Å². The molecular formula is C12H14Cl2N4O. The fourth-order valence-corrected chi connectivity index (χ4v) is 2.02. The van der Waals surface area contributed by atoms with Crippen LogP contribution in [0.25, 0.3) is 11.5 Å². The molecule has 1 aromatic carbocycles. The van der Waals surface area contributed by atoms with Gasteiger partial charge in [0.2, 0.25) is 0 Å². The topological polar surface area (TPSA) is 68.2 Å². The number of likely N-dealkylation sites (N-methyl/N-ethyl adjacent to an activating group) is 1. The Morgan fingerprint density at radius 3 is 2.79 bits per heavy atom. The molecule has 2 rings (SSSR count). The monoisotopic (exact) mass is 300 g/mol. The lowest BCUT2D eigenvalue weighted by molar-refractivity contribution is 0.357. The minimum Gasteiger partial charge on any atom is -0.334 e. The summed E-state index contributed by atoms with van der Waals surface area (Å²) in [5.74, 6) is 0.761. The summed E-state index contributed by atoms with van der Waals surface area (Å²) in [5, 5.41) is 4.71. The van der Waals surface area contributed by atoms with Gasteiger partial charge in [0.15, 0.2) is 5.82 Å². The van der Waals surface area contributed by atoms with E-state index >= 15 is 0 Å². The molecule has 1 aromatic heterocycles. The molecule has 0 aliphatic carbocycles. The lowest BCUT2D eigenvalue weighted by atomic mass is 10.2. The summed E-state index contributed by atoms with van der Waals surface area (Å²) in [4.78, 5) is 6.21. The summed E-state index contributed by atoms with van der Waals surface area (Å²) >= 11 is 12.1. The van der Waals surface area contributed by atoms with Crippen molar-refractivity contribution in [1.82, 2.24) is 15.0 Å². The van der Waals surface area contributed by atoms with Gasteiger partial charge in [-0.1, -0.05) is 34.4 Å². The van der Waals surface area contributed by atoms with Crippen molar-refractivity contribution in [3.63, 3.8) is 0 Å². The van der Waals surface area contributed by atoms with Crippen molar-refractivity contribution in [1.29, 1.82) is 0 Å². The van der Waals surface area contributed by atoms with Gasteiger partial charge in [-0.25, -0.2) is 0 Å². The molecule has 0 spiro atoms. The zero-order valence-corrected chi connectivity index (χ0v) is 12.1. The third-order valence-corrected chi connectivity index (χ3v) is 3.34. The summed E-state index contributed by atoms with van der Waals surface area (Å²) in [5.41, 5.74) is 6.57. The van der Waals surface area contributed by atoms with Gasteiger partial charge >= 0.3 is 0 Å². The Labute approximate surface area is 121 Å². The molecule has 1 heterocycles. The van der Waals surface area contributed by atoms with E-state index in [0.29, 0.717) is 33.9 Å². The molecule has 5 nitrogen and oxygen atoms in total. The smallest absolute Gasteiger partial charge is 0.259 e. The molecule has 0 bridgehead atoms. The van der Waals surface area contributed by atoms with Crippen molar-refractivity contribution in [3.8, 4) is 11.5 Å². The van der Waals surface area contributed by atoms with E-state index in [2.05, 4.69) is 10.1 Å². The number of rotatable bonds is 4. The number of nitrogens with zero attached hydrogens (tertiary/aromatic N) is 3. The highest BCUT2D eigenvalue weighted by Crippen LogP contribution is 2.32. The average Bonchev–Trinajstić information content (AvgIpc) is 2.81. The van der Waals surface area contributed by atoms with Gasteiger partial charge in [-0.2, -0.15) is 4.98 Å². The van der Waals surface area contributed by atoms with E-state index in [1.54, 1.807) is 18.2 Å². The number of nitrogens with two attached hydrogens (primary N) is 1. The predicted molar refractivity (Wildman–Crippen MR) is 75.2 cm³/mol. The molecule has 2 N–H and O–H groups in total. The molecule has 2 aromatic rings. The fraction of sp³-hybridized carbons (Fsp3) is 0.333. The van der Waals surface area contributed by atoms with E-state index in [0.717, 1.165) is 0 Å². The Balaban J connectivity index is 2.28. The van der Waals surface area contributed by atoms with Crippen LogP contribution in [0.2, 0.25) is 10.0 Å². The standard InChI is InChI=1S/C12H14Cl2N4O/c1-18(2)6-9(15)11-16-12(19-17-11)7-4-3-5-8(13)10(7)14/h3-5,9H,6,15H2,1-2H3. The van der Waals surface area contributed by atoms with Crippen LogP contribution in [0.3, 0.4) is 0 Å². The maximum Gasteiger partial charge on any atom is 0.259 e. The van der Waals surface area contributed by atoms with Crippen molar-refractivity contribution >= 4 is 23.2 Å². The van der Waals surface area contributed by atoms with Crippen LogP contribution in [0, 0.1) is 0 Å². The van der Waals surface area contributed by atoms with Crippen LogP contribution in [0.5, 0.6) is 0 Å². The molecule has 0 fully saturated rings. The summed E-state index contributed by atoms with van der Waals surface area (Å²) in [6, 6.07) is 4.92. The third-order valence-electron chi connectivity index (χ3n) is 2.52. The van der Waals surface area contributed by atoms with Crippen molar-refractivity contribution in [3.05, 3.63) is 34.1 Å². The molecule has 102 valence electrons. The van der Waals surface area contributed by atoms with Crippen LogP contribution in [-0.4, -0.2) is 35.7 Å². The Morgan fingerprint density at radius 2 is 2.11 bits per heavy atom. The summed E-state index contributed by atoms with van der Waals surface area (Å²) in [6.45, 7) is 0.627. The van der Waals surface area contributed by atoms with Crippen LogP contribution in [0.15, 0.2) is 22.7 Å². The van der Waals surface area contributed by atoms with Crippen LogP contribution < -0.4 is 5.73 Å². The SMILES string of the molecule is CN(C)CC(N)c1noc(-c2cccc(Cl)c2Cl)n1. The Morgan fingerprint density at radius 1 is 1.37 bits per heavy atom. The van der Waals surface area contributed by atoms with Crippen LogP contribution in [-0.2, 0) is 0 Å². The molecule has 0 amide bonds. The highest BCUT2D eigenvalue weighted by molar-refractivity contribution is 6.43. The van der Waals surface area contributed by atoms with Crippen molar-refractivity contribution in [2.75, 3.05) is 20.6 Å². The van der Waals surface area contributed by atoms with Crippen LogP contribution >= 0.6 is 23.2 Å². The Bertz CT molecular complexity index is 571. The summed E-state index contributed by atoms with van der Waals surface area (Å²) in [7, 11) is 3.85. The first-order valence-corrected chi connectivity index (χ1v) is 6.43. The van der Waals surface area contributed by atoms with E-state index in [1.807, 2.05) is 19.0 Å². The summed E-state index contributed by atoms with van der Waals surface area (Å²) in [6.07, 6.45) is 0. The zero-order chi connectivity index (χ0) is 14.0. The lowest BCUT2D eigenvalue weighted by Crippen LogP contribution is -2.26. The zero-order valence-electron chi connectivity index (χ0n) is 10.6.